The number of alkyl carbamates (subject to hydrolysis) is 1. The number of anilines is 1. The summed E-state index contributed by atoms with van der Waals surface area (Å²) in [6, 6.07) is 17.8. The second kappa shape index (κ2) is 11.7. The molecule has 0 radical (unpaired) electrons. The molecule has 0 saturated heterocycles. The molecule has 4 rings (SSSR count). The normalized spacial score (nSPS) is 14.9. The molecule has 0 aromatic heterocycles. The Balaban J connectivity index is 1.73. The van der Waals surface area contributed by atoms with E-state index in [0.29, 0.717) is 5.69 Å². The standard InChI is InChI=1S/C33H41N3O4/c1-20(2)28(35-32(39)40-33(5,6)7)31(38)36(26-17-18-26)29(27-21(3)11-10-12-22(27)4)30(37)34-25-16-15-23-13-8-9-14-24(23)19-25/h8-16,19-20,26,28-29H,17-18H2,1-7H3,(H,34,37)(H,35,39). The Labute approximate surface area is 237 Å². The minimum atomic E-state index is -0.866. The Hall–Kier alpha value is -3.87. The van der Waals surface area contributed by atoms with E-state index in [1.807, 2.05) is 88.4 Å². The molecule has 3 aromatic carbocycles. The Morgan fingerprint density at radius 1 is 0.900 bits per heavy atom. The van der Waals surface area contributed by atoms with E-state index in [2.05, 4.69) is 10.6 Å². The molecule has 212 valence electrons. The Kier molecular flexibility index (Phi) is 8.52. The zero-order valence-electron chi connectivity index (χ0n) is 24.6. The molecule has 3 aromatic rings. The zero-order valence-corrected chi connectivity index (χ0v) is 24.6. The van der Waals surface area contributed by atoms with Crippen molar-refractivity contribution in [3.63, 3.8) is 0 Å². The number of nitrogens with zero attached hydrogens (tertiary/aromatic N) is 1. The van der Waals surface area contributed by atoms with Gasteiger partial charge in [-0.25, -0.2) is 4.79 Å². The number of carbonyl (C=O) groups is 3. The first-order valence-corrected chi connectivity index (χ1v) is 14.0. The number of rotatable bonds is 8. The topological polar surface area (TPSA) is 87.7 Å². The molecule has 2 unspecified atom stereocenters. The summed E-state index contributed by atoms with van der Waals surface area (Å²) >= 11 is 0. The summed E-state index contributed by atoms with van der Waals surface area (Å²) in [5, 5.41) is 7.99. The van der Waals surface area contributed by atoms with E-state index in [4.69, 9.17) is 4.74 Å². The van der Waals surface area contributed by atoms with Crippen LogP contribution in [0.1, 0.15) is 70.2 Å². The molecule has 0 bridgehead atoms. The van der Waals surface area contributed by atoms with Gasteiger partial charge in [-0.3, -0.25) is 9.59 Å². The summed E-state index contributed by atoms with van der Waals surface area (Å²) in [6.45, 7) is 13.0. The van der Waals surface area contributed by atoms with Crippen molar-refractivity contribution < 1.29 is 19.1 Å². The van der Waals surface area contributed by atoms with Crippen LogP contribution in [0.25, 0.3) is 10.8 Å². The maximum absolute atomic E-state index is 14.3. The fourth-order valence-corrected chi connectivity index (χ4v) is 5.11. The van der Waals surface area contributed by atoms with Crippen LogP contribution in [-0.2, 0) is 14.3 Å². The summed E-state index contributed by atoms with van der Waals surface area (Å²) in [5.41, 5.74) is 2.62. The highest BCUT2D eigenvalue weighted by Crippen LogP contribution is 2.38. The van der Waals surface area contributed by atoms with Crippen molar-refractivity contribution in [3.05, 3.63) is 77.4 Å². The summed E-state index contributed by atoms with van der Waals surface area (Å²) in [5.74, 6) is -0.791. The van der Waals surface area contributed by atoms with Crippen molar-refractivity contribution in [2.75, 3.05) is 5.32 Å². The van der Waals surface area contributed by atoms with Gasteiger partial charge < -0.3 is 20.3 Å². The van der Waals surface area contributed by atoms with Gasteiger partial charge in [0.1, 0.15) is 17.7 Å². The van der Waals surface area contributed by atoms with E-state index in [-0.39, 0.29) is 23.8 Å². The van der Waals surface area contributed by atoms with Crippen molar-refractivity contribution in [1.29, 1.82) is 0 Å². The molecule has 1 saturated carbocycles. The van der Waals surface area contributed by atoms with Crippen LogP contribution >= 0.6 is 0 Å². The molecule has 1 aliphatic rings. The van der Waals surface area contributed by atoms with Crippen LogP contribution in [0.5, 0.6) is 0 Å². The van der Waals surface area contributed by atoms with Crippen molar-refractivity contribution in [2.45, 2.75) is 85.0 Å². The number of hydrogen-bond donors (Lipinski definition) is 2. The van der Waals surface area contributed by atoms with Gasteiger partial charge in [0, 0.05) is 11.7 Å². The smallest absolute Gasteiger partial charge is 0.408 e. The van der Waals surface area contributed by atoms with Gasteiger partial charge in [0.15, 0.2) is 0 Å². The number of amides is 3. The molecule has 0 aliphatic heterocycles. The number of carbonyl (C=O) groups excluding carboxylic acids is 3. The van der Waals surface area contributed by atoms with Crippen LogP contribution in [0, 0.1) is 19.8 Å². The first-order chi connectivity index (χ1) is 18.9. The maximum Gasteiger partial charge on any atom is 0.408 e. The third-order valence-corrected chi connectivity index (χ3v) is 7.16. The average molecular weight is 544 g/mol. The maximum atomic E-state index is 14.3. The number of nitrogens with one attached hydrogen (secondary N) is 2. The van der Waals surface area contributed by atoms with Crippen LogP contribution < -0.4 is 10.6 Å². The van der Waals surface area contributed by atoms with Crippen LogP contribution in [0.3, 0.4) is 0 Å². The molecule has 3 amide bonds. The van der Waals surface area contributed by atoms with E-state index >= 15 is 0 Å². The Morgan fingerprint density at radius 2 is 1.52 bits per heavy atom. The number of aryl methyl sites for hydroxylation is 2. The molecular weight excluding hydrogens is 502 g/mol. The first kappa shape index (κ1) is 29.1. The molecule has 0 heterocycles. The predicted molar refractivity (Wildman–Crippen MR) is 159 cm³/mol. The van der Waals surface area contributed by atoms with Crippen LogP contribution in [-0.4, -0.2) is 40.5 Å². The molecule has 0 spiro atoms. The van der Waals surface area contributed by atoms with Crippen molar-refractivity contribution in [3.8, 4) is 0 Å². The summed E-state index contributed by atoms with van der Waals surface area (Å²) < 4.78 is 5.47. The van der Waals surface area contributed by atoms with E-state index in [1.54, 1.807) is 25.7 Å². The van der Waals surface area contributed by atoms with Gasteiger partial charge in [0.05, 0.1) is 0 Å². The number of ether oxygens (including phenoxy) is 1. The average Bonchev–Trinajstić information content (AvgIpc) is 3.70. The van der Waals surface area contributed by atoms with Gasteiger partial charge in [-0.05, 0) is 93.0 Å². The highest BCUT2D eigenvalue weighted by molar-refractivity contribution is 6.01. The summed E-state index contributed by atoms with van der Waals surface area (Å²) in [6.07, 6.45) is 0.945. The third kappa shape index (κ3) is 6.82. The quantitative estimate of drug-likeness (QED) is 0.332. The SMILES string of the molecule is Cc1cccc(C)c1C(C(=O)Nc1ccc2ccccc2c1)N(C(=O)C(NC(=O)OC(C)(C)C)C(C)C)C1CC1. The van der Waals surface area contributed by atoms with Gasteiger partial charge in [-0.2, -0.15) is 0 Å². The van der Waals surface area contributed by atoms with Crippen LogP contribution in [0.15, 0.2) is 60.7 Å². The minimum absolute atomic E-state index is 0.0967. The second-order valence-corrected chi connectivity index (χ2v) is 12.1. The van der Waals surface area contributed by atoms with E-state index in [0.717, 1.165) is 40.3 Å². The fourth-order valence-electron chi connectivity index (χ4n) is 5.11. The van der Waals surface area contributed by atoms with Crippen molar-refractivity contribution >= 4 is 34.4 Å². The van der Waals surface area contributed by atoms with E-state index in [1.165, 1.54) is 0 Å². The second-order valence-electron chi connectivity index (χ2n) is 12.1. The highest BCUT2D eigenvalue weighted by Gasteiger charge is 2.45. The molecule has 7 nitrogen and oxygen atoms in total. The summed E-state index contributed by atoms with van der Waals surface area (Å²) in [4.78, 5) is 43.0. The Bertz CT molecular complexity index is 1380. The lowest BCUT2D eigenvalue weighted by Gasteiger charge is -2.37. The molecule has 1 fully saturated rings. The molecule has 40 heavy (non-hydrogen) atoms. The molecular formula is C33H41N3O4. The third-order valence-electron chi connectivity index (χ3n) is 7.16. The van der Waals surface area contributed by atoms with Crippen LogP contribution in [0.2, 0.25) is 0 Å². The predicted octanol–water partition coefficient (Wildman–Crippen LogP) is 6.68. The zero-order chi connectivity index (χ0) is 29.2. The largest absolute Gasteiger partial charge is 0.444 e. The minimum Gasteiger partial charge on any atom is -0.444 e. The van der Waals surface area contributed by atoms with Gasteiger partial charge >= 0.3 is 6.09 Å². The molecule has 7 heteroatoms. The molecule has 1 aliphatic carbocycles. The van der Waals surface area contributed by atoms with Gasteiger partial charge in [0.2, 0.25) is 5.91 Å². The van der Waals surface area contributed by atoms with Crippen molar-refractivity contribution in [2.24, 2.45) is 5.92 Å². The van der Waals surface area contributed by atoms with Crippen LogP contribution in [0.4, 0.5) is 10.5 Å². The molecule has 2 atom stereocenters. The highest BCUT2D eigenvalue weighted by atomic mass is 16.6. The van der Waals surface area contributed by atoms with Gasteiger partial charge in [0.25, 0.3) is 5.91 Å². The van der Waals surface area contributed by atoms with Gasteiger partial charge in [-0.15, -0.1) is 0 Å². The molecule has 2 N–H and O–H groups in total. The lowest BCUT2D eigenvalue weighted by atomic mass is 9.92. The van der Waals surface area contributed by atoms with Gasteiger partial charge in [-0.1, -0.05) is 62.4 Å². The van der Waals surface area contributed by atoms with Crippen molar-refractivity contribution in [1.82, 2.24) is 10.2 Å². The summed E-state index contributed by atoms with van der Waals surface area (Å²) in [7, 11) is 0. The number of benzene rings is 3. The monoisotopic (exact) mass is 543 g/mol. The fraction of sp³-hybridized carbons (Fsp3) is 0.424. The van der Waals surface area contributed by atoms with E-state index in [9.17, 15) is 14.4 Å². The van der Waals surface area contributed by atoms with E-state index < -0.39 is 23.8 Å². The lowest BCUT2D eigenvalue weighted by Crippen LogP contribution is -2.55. The lowest BCUT2D eigenvalue weighted by molar-refractivity contribution is -0.142. The number of fused-ring (bicyclic) bond motifs is 1. The Morgan fingerprint density at radius 3 is 2.10 bits per heavy atom. The number of hydrogen-bond acceptors (Lipinski definition) is 4. The first-order valence-electron chi connectivity index (χ1n) is 14.0.